The van der Waals surface area contributed by atoms with E-state index in [2.05, 4.69) is 5.16 Å². The maximum absolute atomic E-state index is 14.2. The number of carbonyl (C=O) groups is 1. The second-order valence-corrected chi connectivity index (χ2v) is 8.72. The van der Waals surface area contributed by atoms with Crippen LogP contribution in [-0.2, 0) is 7.05 Å². The maximum atomic E-state index is 14.2. The molecule has 0 bridgehead atoms. The Morgan fingerprint density at radius 3 is 2.33 bits per heavy atom. The van der Waals surface area contributed by atoms with Crippen molar-refractivity contribution in [2.45, 2.75) is 12.3 Å². The summed E-state index contributed by atoms with van der Waals surface area (Å²) in [5.74, 6) is -2.42. The summed E-state index contributed by atoms with van der Waals surface area (Å²) >= 11 is 6.54. The van der Waals surface area contributed by atoms with Gasteiger partial charge in [0.2, 0.25) is 5.56 Å². The number of rotatable bonds is 7. The molecule has 1 unspecified atom stereocenters. The molecule has 0 aliphatic heterocycles. The molecule has 6 nitrogen and oxygen atoms in total. The molecule has 0 saturated heterocycles. The van der Waals surface area contributed by atoms with Crippen molar-refractivity contribution in [3.63, 3.8) is 0 Å². The van der Waals surface area contributed by atoms with E-state index in [4.69, 9.17) is 16.7 Å². The number of carboxylic acids is 1. The van der Waals surface area contributed by atoms with E-state index in [1.807, 2.05) is 42.5 Å². The SMILES string of the molecule is Cn1cc(C(CC(c2ccc(-c3ccc(C(=O)O)c(F)c3)cc2)c2ccccc2Cl)=NO)ccc1=O. The highest BCUT2D eigenvalue weighted by Crippen LogP contribution is 2.35. The van der Waals surface area contributed by atoms with Crippen molar-refractivity contribution in [3.05, 3.63) is 129 Å². The van der Waals surface area contributed by atoms with Gasteiger partial charge in [-0.2, -0.15) is 0 Å². The van der Waals surface area contributed by atoms with E-state index in [9.17, 15) is 19.2 Å². The summed E-state index contributed by atoms with van der Waals surface area (Å²) < 4.78 is 15.6. The third-order valence-electron chi connectivity index (χ3n) is 6.06. The van der Waals surface area contributed by atoms with Crippen molar-refractivity contribution in [2.75, 3.05) is 0 Å². The quantitative estimate of drug-likeness (QED) is 0.185. The van der Waals surface area contributed by atoms with Gasteiger partial charge in [-0.15, -0.1) is 0 Å². The fourth-order valence-corrected chi connectivity index (χ4v) is 4.38. The monoisotopic (exact) mass is 504 g/mol. The van der Waals surface area contributed by atoms with Gasteiger partial charge in [-0.3, -0.25) is 4.79 Å². The molecule has 4 aromatic rings. The number of nitrogens with zero attached hydrogens (tertiary/aromatic N) is 2. The number of benzene rings is 3. The lowest BCUT2D eigenvalue weighted by atomic mass is 9.85. The summed E-state index contributed by atoms with van der Waals surface area (Å²) in [5.41, 5.74) is 3.37. The molecular formula is C28H22ClFN2O4. The number of hydrogen-bond donors (Lipinski definition) is 2. The van der Waals surface area contributed by atoms with Crippen LogP contribution in [0, 0.1) is 5.82 Å². The molecule has 36 heavy (non-hydrogen) atoms. The fraction of sp³-hybridized carbons (Fsp3) is 0.107. The zero-order valence-electron chi connectivity index (χ0n) is 19.2. The van der Waals surface area contributed by atoms with E-state index in [1.165, 1.54) is 22.8 Å². The van der Waals surface area contributed by atoms with Crippen molar-refractivity contribution in [1.82, 2.24) is 4.57 Å². The third-order valence-corrected chi connectivity index (χ3v) is 6.41. The van der Waals surface area contributed by atoms with E-state index in [0.717, 1.165) is 11.1 Å². The second-order valence-electron chi connectivity index (χ2n) is 8.31. The van der Waals surface area contributed by atoms with Crippen LogP contribution in [0.1, 0.15) is 39.4 Å². The van der Waals surface area contributed by atoms with Crippen LogP contribution in [0.25, 0.3) is 11.1 Å². The number of halogens is 2. The first-order valence-corrected chi connectivity index (χ1v) is 11.4. The van der Waals surface area contributed by atoms with Crippen LogP contribution in [0.5, 0.6) is 0 Å². The van der Waals surface area contributed by atoms with Crippen LogP contribution >= 0.6 is 11.6 Å². The Bertz CT molecular complexity index is 1510. The molecule has 8 heteroatoms. The van der Waals surface area contributed by atoms with Crippen molar-refractivity contribution in [1.29, 1.82) is 0 Å². The van der Waals surface area contributed by atoms with Gasteiger partial charge in [-0.25, -0.2) is 9.18 Å². The van der Waals surface area contributed by atoms with Crippen LogP contribution in [0.4, 0.5) is 4.39 Å². The topological polar surface area (TPSA) is 91.9 Å². The molecule has 1 heterocycles. The Morgan fingerprint density at radius 2 is 1.72 bits per heavy atom. The smallest absolute Gasteiger partial charge is 0.338 e. The maximum Gasteiger partial charge on any atom is 0.338 e. The summed E-state index contributed by atoms with van der Waals surface area (Å²) in [6.07, 6.45) is 1.90. The number of pyridine rings is 1. The largest absolute Gasteiger partial charge is 0.478 e. The Morgan fingerprint density at radius 1 is 1.03 bits per heavy atom. The molecular weight excluding hydrogens is 483 g/mol. The standard InChI is InChI=1S/C28H22ClFN2O4/c1-32-16-20(11-13-27(32)33)26(31-36)15-23(21-4-2-3-5-24(21)29)18-8-6-17(7-9-18)19-10-12-22(28(34)35)25(30)14-19/h2-14,16,23,36H,15H2,1H3,(H,34,35). The predicted molar refractivity (Wildman–Crippen MR) is 137 cm³/mol. The predicted octanol–water partition coefficient (Wildman–Crippen LogP) is 5.94. The number of aromatic nitrogens is 1. The van der Waals surface area contributed by atoms with E-state index >= 15 is 0 Å². The number of carboxylic acid groups (broad SMARTS) is 1. The molecule has 1 atom stereocenters. The normalized spacial score (nSPS) is 12.4. The van der Waals surface area contributed by atoms with Gasteiger partial charge in [0.1, 0.15) is 5.82 Å². The van der Waals surface area contributed by atoms with Gasteiger partial charge in [0.15, 0.2) is 0 Å². The molecule has 4 rings (SSSR count). The zero-order chi connectivity index (χ0) is 25.8. The van der Waals surface area contributed by atoms with Crippen LogP contribution in [-0.4, -0.2) is 26.6 Å². The lowest BCUT2D eigenvalue weighted by Crippen LogP contribution is -2.18. The van der Waals surface area contributed by atoms with E-state index in [1.54, 1.807) is 31.4 Å². The minimum absolute atomic E-state index is 0.179. The number of aryl methyl sites for hydroxylation is 1. The molecule has 182 valence electrons. The van der Waals surface area contributed by atoms with E-state index in [-0.39, 0.29) is 17.0 Å². The Labute approximate surface area is 211 Å². The van der Waals surface area contributed by atoms with Crippen LogP contribution < -0.4 is 5.56 Å². The molecule has 0 amide bonds. The first kappa shape index (κ1) is 24.9. The molecule has 0 aliphatic carbocycles. The Balaban J connectivity index is 1.72. The van der Waals surface area contributed by atoms with Crippen molar-refractivity contribution in [3.8, 4) is 11.1 Å². The number of oxime groups is 1. The zero-order valence-corrected chi connectivity index (χ0v) is 20.0. The molecule has 2 N–H and O–H groups in total. The van der Waals surface area contributed by atoms with Gasteiger partial charge in [-0.05, 0) is 46.5 Å². The third kappa shape index (κ3) is 5.21. The van der Waals surface area contributed by atoms with Crippen LogP contribution in [0.3, 0.4) is 0 Å². The molecule has 0 spiro atoms. The fourth-order valence-electron chi connectivity index (χ4n) is 4.12. The van der Waals surface area contributed by atoms with Gasteiger partial charge >= 0.3 is 5.97 Å². The molecule has 0 aliphatic rings. The van der Waals surface area contributed by atoms with Gasteiger partial charge in [-0.1, -0.05) is 65.3 Å². The average Bonchev–Trinajstić information content (AvgIpc) is 2.87. The molecule has 0 fully saturated rings. The van der Waals surface area contributed by atoms with Crippen LogP contribution in [0.15, 0.2) is 95.0 Å². The minimum atomic E-state index is -1.32. The van der Waals surface area contributed by atoms with E-state index < -0.39 is 11.8 Å². The highest BCUT2D eigenvalue weighted by atomic mass is 35.5. The van der Waals surface area contributed by atoms with Gasteiger partial charge in [0, 0.05) is 42.2 Å². The van der Waals surface area contributed by atoms with Crippen LogP contribution in [0.2, 0.25) is 5.02 Å². The summed E-state index contributed by atoms with van der Waals surface area (Å²) in [6.45, 7) is 0. The summed E-state index contributed by atoms with van der Waals surface area (Å²) in [5, 5.41) is 23.0. The molecule has 3 aromatic carbocycles. The number of hydrogen-bond acceptors (Lipinski definition) is 4. The van der Waals surface area contributed by atoms with Gasteiger partial charge in [0.05, 0.1) is 11.3 Å². The number of aromatic carboxylic acids is 1. The molecule has 0 radical (unpaired) electrons. The summed E-state index contributed by atoms with van der Waals surface area (Å²) in [4.78, 5) is 22.9. The van der Waals surface area contributed by atoms with Crippen molar-refractivity contribution < 1.29 is 19.5 Å². The first-order valence-electron chi connectivity index (χ1n) is 11.0. The average molecular weight is 505 g/mol. The van der Waals surface area contributed by atoms with Crippen molar-refractivity contribution >= 4 is 23.3 Å². The molecule has 0 saturated carbocycles. The van der Waals surface area contributed by atoms with Gasteiger partial charge < -0.3 is 14.9 Å². The highest BCUT2D eigenvalue weighted by Gasteiger charge is 2.21. The Kier molecular flexibility index (Phi) is 7.31. The lowest BCUT2D eigenvalue weighted by Gasteiger charge is -2.21. The van der Waals surface area contributed by atoms with Crippen molar-refractivity contribution in [2.24, 2.45) is 12.2 Å². The Hall–Kier alpha value is -4.23. The summed E-state index contributed by atoms with van der Waals surface area (Å²) in [7, 11) is 1.62. The van der Waals surface area contributed by atoms with Gasteiger partial charge in [0.25, 0.3) is 0 Å². The first-order chi connectivity index (χ1) is 17.3. The highest BCUT2D eigenvalue weighted by molar-refractivity contribution is 6.31. The van der Waals surface area contributed by atoms with E-state index in [0.29, 0.717) is 33.8 Å². The minimum Gasteiger partial charge on any atom is -0.478 e. The second kappa shape index (κ2) is 10.6. The molecule has 1 aromatic heterocycles. The summed E-state index contributed by atoms with van der Waals surface area (Å²) in [6, 6.07) is 21.8. The lowest BCUT2D eigenvalue weighted by molar-refractivity contribution is 0.0692.